The van der Waals surface area contributed by atoms with Gasteiger partial charge < -0.3 is 5.32 Å². The molecule has 0 bridgehead atoms. The van der Waals surface area contributed by atoms with E-state index in [1.807, 2.05) is 0 Å². The van der Waals surface area contributed by atoms with Crippen molar-refractivity contribution in [1.82, 2.24) is 5.32 Å². The molecule has 20 heavy (non-hydrogen) atoms. The predicted octanol–water partition coefficient (Wildman–Crippen LogP) is 4.96. The van der Waals surface area contributed by atoms with Crippen LogP contribution in [-0.2, 0) is 6.42 Å². The Hall–Kier alpha value is -0.820. The van der Waals surface area contributed by atoms with Crippen molar-refractivity contribution >= 4 is 0 Å². The fourth-order valence-corrected chi connectivity index (χ4v) is 3.51. The van der Waals surface area contributed by atoms with E-state index in [4.69, 9.17) is 0 Å². The third-order valence-corrected chi connectivity index (χ3v) is 4.71. The second kappa shape index (κ2) is 9.18. The molecule has 0 aliphatic heterocycles. The molecule has 1 nitrogen and oxygen atoms in total. The van der Waals surface area contributed by atoms with Crippen molar-refractivity contribution in [3.05, 3.63) is 35.9 Å². The van der Waals surface area contributed by atoms with Gasteiger partial charge in [0.05, 0.1) is 0 Å². The molecule has 1 atom stereocenters. The van der Waals surface area contributed by atoms with E-state index in [1.165, 1.54) is 69.9 Å². The van der Waals surface area contributed by atoms with Crippen LogP contribution in [0.15, 0.2) is 30.3 Å². The summed E-state index contributed by atoms with van der Waals surface area (Å²) in [5.74, 6) is 0.910. The van der Waals surface area contributed by atoms with Gasteiger partial charge in [0, 0.05) is 6.04 Å². The first kappa shape index (κ1) is 15.6. The Balaban J connectivity index is 1.88. The molecule has 1 fully saturated rings. The van der Waals surface area contributed by atoms with Gasteiger partial charge in [-0.2, -0.15) is 0 Å². The van der Waals surface area contributed by atoms with Crippen LogP contribution in [0.1, 0.15) is 63.9 Å². The predicted molar refractivity (Wildman–Crippen MR) is 88.0 cm³/mol. The van der Waals surface area contributed by atoms with Gasteiger partial charge >= 0.3 is 0 Å². The molecule has 1 aliphatic carbocycles. The maximum Gasteiger partial charge on any atom is 0.00984 e. The van der Waals surface area contributed by atoms with Crippen molar-refractivity contribution in [2.75, 3.05) is 6.54 Å². The highest BCUT2D eigenvalue weighted by Crippen LogP contribution is 2.27. The van der Waals surface area contributed by atoms with E-state index >= 15 is 0 Å². The zero-order valence-corrected chi connectivity index (χ0v) is 13.1. The lowest BCUT2D eigenvalue weighted by Crippen LogP contribution is -2.37. The number of rotatable bonds is 7. The lowest BCUT2D eigenvalue weighted by molar-refractivity contribution is 0.305. The minimum atomic E-state index is 0.730. The first-order valence-corrected chi connectivity index (χ1v) is 8.67. The van der Waals surface area contributed by atoms with Crippen LogP contribution in [0.5, 0.6) is 0 Å². The van der Waals surface area contributed by atoms with Gasteiger partial charge in [0.25, 0.3) is 0 Å². The third kappa shape index (κ3) is 5.28. The van der Waals surface area contributed by atoms with Gasteiger partial charge in [-0.05, 0) is 50.1 Å². The smallest absolute Gasteiger partial charge is 0.00984 e. The second-order valence-corrected chi connectivity index (χ2v) is 6.34. The Morgan fingerprint density at radius 2 is 1.75 bits per heavy atom. The molecular formula is C19H31N. The second-order valence-electron chi connectivity index (χ2n) is 6.34. The third-order valence-electron chi connectivity index (χ3n) is 4.71. The summed E-state index contributed by atoms with van der Waals surface area (Å²) in [6.45, 7) is 3.45. The van der Waals surface area contributed by atoms with Crippen LogP contribution in [0.2, 0.25) is 0 Å². The zero-order chi connectivity index (χ0) is 14.0. The standard InChI is InChI=1S/C19H31N/c1-2-16-20-19(18-12-8-3-4-9-13-18)15-14-17-10-6-5-7-11-17/h5-7,10-11,18-20H,2-4,8-9,12-16H2,1H3. The summed E-state index contributed by atoms with van der Waals surface area (Å²) in [4.78, 5) is 0. The number of hydrogen-bond acceptors (Lipinski definition) is 1. The Bertz CT molecular complexity index is 338. The van der Waals surface area contributed by atoms with E-state index in [0.29, 0.717) is 0 Å². The molecule has 2 rings (SSSR count). The summed E-state index contributed by atoms with van der Waals surface area (Å²) in [6, 6.07) is 11.7. The summed E-state index contributed by atoms with van der Waals surface area (Å²) in [6.07, 6.45) is 12.4. The lowest BCUT2D eigenvalue weighted by Gasteiger charge is -2.27. The van der Waals surface area contributed by atoms with Gasteiger partial charge in [-0.1, -0.05) is 62.9 Å². The summed E-state index contributed by atoms with van der Waals surface area (Å²) in [5, 5.41) is 3.84. The van der Waals surface area contributed by atoms with E-state index < -0.39 is 0 Å². The molecule has 0 aromatic heterocycles. The first-order valence-electron chi connectivity index (χ1n) is 8.67. The van der Waals surface area contributed by atoms with Crippen LogP contribution < -0.4 is 5.32 Å². The van der Waals surface area contributed by atoms with Crippen LogP contribution in [0, 0.1) is 5.92 Å². The maximum atomic E-state index is 3.84. The number of nitrogens with one attached hydrogen (secondary N) is 1. The van der Waals surface area contributed by atoms with Gasteiger partial charge in [-0.3, -0.25) is 0 Å². The lowest BCUT2D eigenvalue weighted by atomic mass is 9.88. The average Bonchev–Trinajstić information content (AvgIpc) is 2.78. The van der Waals surface area contributed by atoms with E-state index in [1.54, 1.807) is 0 Å². The minimum absolute atomic E-state index is 0.730. The highest BCUT2D eigenvalue weighted by molar-refractivity contribution is 5.14. The molecule has 1 saturated carbocycles. The first-order chi connectivity index (χ1) is 9.90. The molecule has 0 saturated heterocycles. The zero-order valence-electron chi connectivity index (χ0n) is 13.1. The van der Waals surface area contributed by atoms with Gasteiger partial charge in [-0.25, -0.2) is 0 Å². The number of aryl methyl sites for hydroxylation is 1. The molecule has 0 radical (unpaired) electrons. The highest BCUT2D eigenvalue weighted by Gasteiger charge is 2.21. The van der Waals surface area contributed by atoms with Crippen molar-refractivity contribution in [2.45, 2.75) is 70.8 Å². The van der Waals surface area contributed by atoms with Crippen molar-refractivity contribution in [3.8, 4) is 0 Å². The monoisotopic (exact) mass is 273 g/mol. The van der Waals surface area contributed by atoms with Gasteiger partial charge in [0.15, 0.2) is 0 Å². The Morgan fingerprint density at radius 3 is 2.40 bits per heavy atom. The largest absolute Gasteiger partial charge is 0.314 e. The fourth-order valence-electron chi connectivity index (χ4n) is 3.51. The average molecular weight is 273 g/mol. The fraction of sp³-hybridized carbons (Fsp3) is 0.684. The maximum absolute atomic E-state index is 3.84. The quantitative estimate of drug-likeness (QED) is 0.693. The van der Waals surface area contributed by atoms with Crippen LogP contribution in [-0.4, -0.2) is 12.6 Å². The van der Waals surface area contributed by atoms with Gasteiger partial charge in [0.2, 0.25) is 0 Å². The summed E-state index contributed by atoms with van der Waals surface area (Å²) in [7, 11) is 0. The molecule has 1 N–H and O–H groups in total. The van der Waals surface area contributed by atoms with Gasteiger partial charge in [0.1, 0.15) is 0 Å². The van der Waals surface area contributed by atoms with Crippen molar-refractivity contribution in [3.63, 3.8) is 0 Å². The minimum Gasteiger partial charge on any atom is -0.314 e. The molecule has 1 heteroatoms. The van der Waals surface area contributed by atoms with Crippen LogP contribution in [0.25, 0.3) is 0 Å². The van der Waals surface area contributed by atoms with Gasteiger partial charge in [-0.15, -0.1) is 0 Å². The van der Waals surface area contributed by atoms with Crippen molar-refractivity contribution < 1.29 is 0 Å². The summed E-state index contributed by atoms with van der Waals surface area (Å²) >= 11 is 0. The SMILES string of the molecule is CCCNC(CCc1ccccc1)C1CCCCCC1. The molecule has 1 aromatic rings. The Kier molecular flexibility index (Phi) is 7.14. The normalized spacial score (nSPS) is 18.6. The summed E-state index contributed by atoms with van der Waals surface area (Å²) < 4.78 is 0. The topological polar surface area (TPSA) is 12.0 Å². The summed E-state index contributed by atoms with van der Waals surface area (Å²) in [5.41, 5.74) is 1.49. The molecule has 0 spiro atoms. The van der Waals surface area contributed by atoms with Crippen molar-refractivity contribution in [2.24, 2.45) is 5.92 Å². The van der Waals surface area contributed by atoms with Crippen LogP contribution in [0.4, 0.5) is 0 Å². The van der Waals surface area contributed by atoms with Crippen LogP contribution >= 0.6 is 0 Å². The van der Waals surface area contributed by atoms with E-state index in [2.05, 4.69) is 42.6 Å². The number of benzene rings is 1. The molecule has 1 unspecified atom stereocenters. The van der Waals surface area contributed by atoms with Crippen molar-refractivity contribution in [1.29, 1.82) is 0 Å². The molecule has 0 amide bonds. The number of hydrogen-bond donors (Lipinski definition) is 1. The van der Waals surface area contributed by atoms with Crippen LogP contribution in [0.3, 0.4) is 0 Å². The van der Waals surface area contributed by atoms with E-state index in [-0.39, 0.29) is 0 Å². The molecular weight excluding hydrogens is 242 g/mol. The highest BCUT2D eigenvalue weighted by atomic mass is 14.9. The Labute approximate surface area is 125 Å². The molecule has 112 valence electrons. The Morgan fingerprint density at radius 1 is 1.05 bits per heavy atom. The molecule has 1 aliphatic rings. The molecule has 0 heterocycles. The van der Waals surface area contributed by atoms with E-state index in [0.717, 1.165) is 12.0 Å². The van der Waals surface area contributed by atoms with E-state index in [9.17, 15) is 0 Å². The molecule has 1 aromatic carbocycles.